The Bertz CT molecular complexity index is 251. The first-order valence-electron chi connectivity index (χ1n) is 4.35. The molecule has 0 fully saturated rings. The molecule has 1 atom stereocenters. The van der Waals surface area contributed by atoms with Crippen LogP contribution < -0.4 is 0 Å². The second-order valence-corrected chi connectivity index (χ2v) is 4.47. The van der Waals surface area contributed by atoms with Crippen molar-refractivity contribution in [1.82, 2.24) is 0 Å². The average molecular weight is 164 g/mol. The maximum absolute atomic E-state index is 11.1. The lowest BCUT2D eigenvalue weighted by molar-refractivity contribution is -0.116. The summed E-state index contributed by atoms with van der Waals surface area (Å²) in [5, 5.41) is 0. The monoisotopic (exact) mass is 164 g/mol. The minimum atomic E-state index is 0.0734. The fraction of sp³-hybridized carbons (Fsp3) is 0.545. The van der Waals surface area contributed by atoms with Crippen molar-refractivity contribution >= 4 is 5.78 Å². The van der Waals surface area contributed by atoms with E-state index in [0.29, 0.717) is 0 Å². The Hall–Kier alpha value is -0.850. The third-order valence-electron chi connectivity index (χ3n) is 1.97. The van der Waals surface area contributed by atoms with Crippen molar-refractivity contribution in [3.05, 3.63) is 23.8 Å². The van der Waals surface area contributed by atoms with Gasteiger partial charge in [-0.3, -0.25) is 4.79 Å². The predicted molar refractivity (Wildman–Crippen MR) is 50.8 cm³/mol. The number of hydrogen-bond acceptors (Lipinski definition) is 1. The lowest BCUT2D eigenvalue weighted by Gasteiger charge is -2.14. The molecule has 0 aromatic heterocycles. The van der Waals surface area contributed by atoms with Gasteiger partial charge in [0.05, 0.1) is 0 Å². The van der Waals surface area contributed by atoms with Crippen molar-refractivity contribution in [2.75, 3.05) is 0 Å². The standard InChI is InChI=1S/C11H16O/c1-8-9(5-6-10(8)12)7-11(2,3)4/h5-8H,1-4H3/b9-7-. The van der Waals surface area contributed by atoms with Gasteiger partial charge in [0.25, 0.3) is 0 Å². The van der Waals surface area contributed by atoms with E-state index in [1.807, 2.05) is 13.0 Å². The first kappa shape index (κ1) is 9.24. The maximum Gasteiger partial charge on any atom is 0.162 e. The fourth-order valence-electron chi connectivity index (χ4n) is 1.30. The molecule has 0 spiro atoms. The summed E-state index contributed by atoms with van der Waals surface area (Å²) >= 11 is 0. The number of carbonyl (C=O) groups is 1. The minimum Gasteiger partial charge on any atom is -0.294 e. The van der Waals surface area contributed by atoms with Crippen molar-refractivity contribution in [3.63, 3.8) is 0 Å². The van der Waals surface area contributed by atoms with Gasteiger partial charge in [0, 0.05) is 5.92 Å². The number of hydrogen-bond donors (Lipinski definition) is 0. The smallest absolute Gasteiger partial charge is 0.162 e. The quantitative estimate of drug-likeness (QED) is 0.538. The van der Waals surface area contributed by atoms with Gasteiger partial charge in [0.1, 0.15) is 0 Å². The van der Waals surface area contributed by atoms with Gasteiger partial charge in [0.15, 0.2) is 5.78 Å². The summed E-state index contributed by atoms with van der Waals surface area (Å²) in [5.74, 6) is 0.301. The zero-order chi connectivity index (χ0) is 9.35. The Kier molecular flexibility index (Phi) is 2.22. The molecule has 0 heterocycles. The van der Waals surface area contributed by atoms with Gasteiger partial charge in [-0.15, -0.1) is 0 Å². The van der Waals surface area contributed by atoms with Gasteiger partial charge >= 0.3 is 0 Å². The van der Waals surface area contributed by atoms with Crippen molar-refractivity contribution < 1.29 is 4.79 Å². The normalized spacial score (nSPS) is 27.2. The molecule has 0 saturated carbocycles. The second kappa shape index (κ2) is 2.89. The Labute approximate surface area is 74.2 Å². The summed E-state index contributed by atoms with van der Waals surface area (Å²) in [4.78, 5) is 11.1. The van der Waals surface area contributed by atoms with Gasteiger partial charge < -0.3 is 0 Å². The molecule has 12 heavy (non-hydrogen) atoms. The van der Waals surface area contributed by atoms with Crippen LogP contribution in [-0.2, 0) is 4.79 Å². The van der Waals surface area contributed by atoms with Crippen LogP contribution in [0, 0.1) is 11.3 Å². The zero-order valence-electron chi connectivity index (χ0n) is 8.22. The summed E-state index contributed by atoms with van der Waals surface area (Å²) in [5.41, 5.74) is 1.32. The van der Waals surface area contributed by atoms with Gasteiger partial charge in [0.2, 0.25) is 0 Å². The maximum atomic E-state index is 11.1. The largest absolute Gasteiger partial charge is 0.294 e. The molecule has 1 aliphatic rings. The second-order valence-electron chi connectivity index (χ2n) is 4.47. The van der Waals surface area contributed by atoms with Gasteiger partial charge in [-0.05, 0) is 17.1 Å². The highest BCUT2D eigenvalue weighted by Crippen LogP contribution is 2.26. The van der Waals surface area contributed by atoms with Crippen LogP contribution in [0.15, 0.2) is 23.8 Å². The molecule has 0 amide bonds. The molecule has 1 nitrogen and oxygen atoms in total. The lowest BCUT2D eigenvalue weighted by Crippen LogP contribution is -2.07. The Morgan fingerprint density at radius 3 is 2.25 bits per heavy atom. The molecule has 0 aromatic rings. The van der Waals surface area contributed by atoms with Crippen molar-refractivity contribution in [2.24, 2.45) is 11.3 Å². The number of ketones is 1. The highest BCUT2D eigenvalue weighted by molar-refractivity contribution is 5.97. The van der Waals surface area contributed by atoms with E-state index in [9.17, 15) is 4.79 Å². The van der Waals surface area contributed by atoms with E-state index in [0.717, 1.165) is 5.57 Å². The molecule has 0 saturated heterocycles. The minimum absolute atomic E-state index is 0.0734. The predicted octanol–water partition coefficient (Wildman–Crippen LogP) is 2.73. The summed E-state index contributed by atoms with van der Waals surface area (Å²) in [7, 11) is 0. The van der Waals surface area contributed by atoms with E-state index < -0.39 is 0 Å². The Morgan fingerprint density at radius 2 is 1.92 bits per heavy atom. The van der Waals surface area contributed by atoms with Crippen molar-refractivity contribution in [1.29, 1.82) is 0 Å². The van der Waals surface area contributed by atoms with E-state index in [4.69, 9.17) is 0 Å². The van der Waals surface area contributed by atoms with Crippen LogP contribution in [0.5, 0.6) is 0 Å². The number of rotatable bonds is 0. The fourth-order valence-corrected chi connectivity index (χ4v) is 1.30. The third kappa shape index (κ3) is 2.07. The SMILES string of the molecule is CC1C(=O)C=C/C1=C/C(C)(C)C. The molecule has 1 unspecified atom stereocenters. The molecule has 0 aliphatic heterocycles. The summed E-state index contributed by atoms with van der Waals surface area (Å²) in [6.45, 7) is 8.38. The van der Waals surface area contributed by atoms with Crippen LogP contribution in [0.4, 0.5) is 0 Å². The molecule has 0 aromatic carbocycles. The first-order chi connectivity index (χ1) is 5.40. The van der Waals surface area contributed by atoms with Crippen LogP contribution in [0.2, 0.25) is 0 Å². The Morgan fingerprint density at radius 1 is 1.33 bits per heavy atom. The molecule has 66 valence electrons. The topological polar surface area (TPSA) is 17.1 Å². The highest BCUT2D eigenvalue weighted by atomic mass is 16.1. The van der Waals surface area contributed by atoms with Gasteiger partial charge in [-0.2, -0.15) is 0 Å². The van der Waals surface area contributed by atoms with Gasteiger partial charge in [-0.1, -0.05) is 39.8 Å². The lowest BCUT2D eigenvalue weighted by atomic mass is 9.90. The average Bonchev–Trinajstić information content (AvgIpc) is 2.16. The van der Waals surface area contributed by atoms with Crippen LogP contribution in [0.25, 0.3) is 0 Å². The molecule has 1 rings (SSSR count). The Balaban J connectivity index is 2.86. The summed E-state index contributed by atoms with van der Waals surface area (Å²) in [6.07, 6.45) is 5.76. The molecule has 0 N–H and O–H groups in total. The van der Waals surface area contributed by atoms with Crippen LogP contribution in [-0.4, -0.2) is 5.78 Å². The van der Waals surface area contributed by atoms with Crippen LogP contribution in [0.3, 0.4) is 0 Å². The van der Waals surface area contributed by atoms with Crippen LogP contribution in [0.1, 0.15) is 27.7 Å². The van der Waals surface area contributed by atoms with Crippen molar-refractivity contribution in [3.8, 4) is 0 Å². The number of allylic oxidation sites excluding steroid dienone is 4. The highest BCUT2D eigenvalue weighted by Gasteiger charge is 2.21. The van der Waals surface area contributed by atoms with E-state index in [1.165, 1.54) is 0 Å². The molecular formula is C11H16O. The third-order valence-corrected chi connectivity index (χ3v) is 1.97. The molecular weight excluding hydrogens is 148 g/mol. The van der Waals surface area contributed by atoms with E-state index in [2.05, 4.69) is 26.8 Å². The summed E-state index contributed by atoms with van der Waals surface area (Å²) < 4.78 is 0. The molecule has 0 radical (unpaired) electrons. The van der Waals surface area contributed by atoms with Crippen molar-refractivity contribution in [2.45, 2.75) is 27.7 Å². The molecule has 1 heteroatoms. The van der Waals surface area contributed by atoms with E-state index >= 15 is 0 Å². The van der Waals surface area contributed by atoms with E-state index in [-0.39, 0.29) is 17.1 Å². The van der Waals surface area contributed by atoms with E-state index in [1.54, 1.807) is 6.08 Å². The van der Waals surface area contributed by atoms with Crippen LogP contribution >= 0.6 is 0 Å². The first-order valence-corrected chi connectivity index (χ1v) is 4.35. The zero-order valence-corrected chi connectivity index (χ0v) is 8.22. The van der Waals surface area contributed by atoms with Gasteiger partial charge in [-0.25, -0.2) is 0 Å². The molecule has 1 aliphatic carbocycles. The summed E-state index contributed by atoms with van der Waals surface area (Å²) in [6, 6.07) is 0. The number of carbonyl (C=O) groups excluding carboxylic acids is 1. The molecule has 0 bridgehead atoms.